The number of aryl methyl sites for hydroxylation is 1. The number of thiazole rings is 1. The van der Waals surface area contributed by atoms with Gasteiger partial charge in [-0.15, -0.1) is 11.3 Å². The number of hydrogen-bond donors (Lipinski definition) is 1. The first-order chi connectivity index (χ1) is 11.9. The van der Waals surface area contributed by atoms with Crippen molar-refractivity contribution in [2.75, 3.05) is 5.75 Å². The summed E-state index contributed by atoms with van der Waals surface area (Å²) in [6.45, 7) is 2.28. The Balaban J connectivity index is 1.61. The molecule has 0 unspecified atom stereocenters. The molecule has 1 N–H and O–H groups in total. The van der Waals surface area contributed by atoms with E-state index in [2.05, 4.69) is 10.3 Å². The Hall–Kier alpha value is -2.25. The van der Waals surface area contributed by atoms with Gasteiger partial charge in [0.1, 0.15) is 0 Å². The van der Waals surface area contributed by atoms with Crippen LogP contribution in [0.1, 0.15) is 17.0 Å². The van der Waals surface area contributed by atoms with Gasteiger partial charge in [0.05, 0.1) is 25.9 Å². The van der Waals surface area contributed by atoms with Gasteiger partial charge in [-0.2, -0.15) is 0 Å². The van der Waals surface area contributed by atoms with E-state index in [-0.39, 0.29) is 23.0 Å². The molecule has 130 valence electrons. The monoisotopic (exact) mass is 374 g/mol. The van der Waals surface area contributed by atoms with Crippen molar-refractivity contribution < 1.29 is 13.2 Å². The minimum atomic E-state index is -3.50. The smallest absolute Gasteiger partial charge is 0.221 e. The maximum Gasteiger partial charge on any atom is 0.221 e. The second-order valence-electron chi connectivity index (χ2n) is 5.69. The highest BCUT2D eigenvalue weighted by Gasteiger charge is 2.17. The Morgan fingerprint density at radius 2 is 1.92 bits per heavy atom. The van der Waals surface area contributed by atoms with Gasteiger partial charge in [-0.3, -0.25) is 4.79 Å². The molecule has 0 atom stereocenters. The predicted octanol–water partition coefficient (Wildman–Crippen LogP) is 3.08. The maximum absolute atomic E-state index is 12.5. The quantitative estimate of drug-likeness (QED) is 0.719. The van der Waals surface area contributed by atoms with E-state index in [4.69, 9.17) is 0 Å². The summed E-state index contributed by atoms with van der Waals surface area (Å²) >= 11 is 1.46. The van der Waals surface area contributed by atoms with E-state index in [1.54, 1.807) is 18.2 Å². The van der Waals surface area contributed by atoms with E-state index in [9.17, 15) is 13.2 Å². The summed E-state index contributed by atoms with van der Waals surface area (Å²) in [7, 11) is -3.50. The van der Waals surface area contributed by atoms with Gasteiger partial charge >= 0.3 is 0 Å². The molecule has 0 saturated carbocycles. The Bertz CT molecular complexity index is 996. The zero-order chi connectivity index (χ0) is 17.9. The zero-order valence-corrected chi connectivity index (χ0v) is 15.4. The molecule has 7 heteroatoms. The number of amides is 1. The van der Waals surface area contributed by atoms with Crippen LogP contribution < -0.4 is 5.32 Å². The fraction of sp³-hybridized carbons (Fsp3) is 0.222. The molecule has 1 amide bonds. The highest BCUT2D eigenvalue weighted by Crippen LogP contribution is 2.25. The topological polar surface area (TPSA) is 76.1 Å². The zero-order valence-electron chi connectivity index (χ0n) is 13.7. The van der Waals surface area contributed by atoms with E-state index in [1.165, 1.54) is 11.3 Å². The van der Waals surface area contributed by atoms with Crippen molar-refractivity contribution in [2.45, 2.75) is 24.8 Å². The molecule has 0 aliphatic carbocycles. The number of aromatic nitrogens is 1. The summed E-state index contributed by atoms with van der Waals surface area (Å²) < 4.78 is 25.8. The van der Waals surface area contributed by atoms with Crippen LogP contribution in [0.2, 0.25) is 0 Å². The second-order valence-corrected chi connectivity index (χ2v) is 9.04. The molecule has 0 aliphatic heterocycles. The second kappa shape index (κ2) is 7.33. The Morgan fingerprint density at radius 1 is 1.16 bits per heavy atom. The number of nitrogens with one attached hydrogen (secondary N) is 1. The summed E-state index contributed by atoms with van der Waals surface area (Å²) in [6.07, 6.45) is -0.0606. The van der Waals surface area contributed by atoms with Gasteiger partial charge in [0, 0.05) is 13.0 Å². The van der Waals surface area contributed by atoms with Crippen LogP contribution in [-0.4, -0.2) is 25.1 Å². The van der Waals surface area contributed by atoms with Crippen LogP contribution in [0.25, 0.3) is 10.2 Å². The van der Waals surface area contributed by atoms with Crippen LogP contribution in [0.15, 0.2) is 53.4 Å². The summed E-state index contributed by atoms with van der Waals surface area (Å²) in [6, 6.07) is 14.4. The van der Waals surface area contributed by atoms with E-state index in [1.807, 2.05) is 37.3 Å². The lowest BCUT2D eigenvalue weighted by molar-refractivity contribution is -0.120. The van der Waals surface area contributed by atoms with Crippen molar-refractivity contribution >= 4 is 37.3 Å². The summed E-state index contributed by atoms with van der Waals surface area (Å²) in [5, 5.41) is 3.64. The number of sulfone groups is 1. The normalized spacial score (nSPS) is 11.6. The maximum atomic E-state index is 12.5. The van der Waals surface area contributed by atoms with Gasteiger partial charge in [0.15, 0.2) is 9.84 Å². The Labute approximate surface area is 150 Å². The third-order valence-corrected chi connectivity index (χ3v) is 6.40. The lowest BCUT2D eigenvalue weighted by Crippen LogP contribution is -2.25. The van der Waals surface area contributed by atoms with Crippen molar-refractivity contribution in [3.05, 3.63) is 59.1 Å². The van der Waals surface area contributed by atoms with Crippen molar-refractivity contribution in [1.29, 1.82) is 0 Å². The molecule has 0 saturated heterocycles. The largest absolute Gasteiger partial charge is 0.352 e. The van der Waals surface area contributed by atoms with E-state index < -0.39 is 9.84 Å². The highest BCUT2D eigenvalue weighted by atomic mass is 32.2. The van der Waals surface area contributed by atoms with Gasteiger partial charge < -0.3 is 5.32 Å². The molecule has 3 rings (SSSR count). The van der Waals surface area contributed by atoms with E-state index in [0.717, 1.165) is 20.8 Å². The molecule has 1 heterocycles. The van der Waals surface area contributed by atoms with Gasteiger partial charge in [0.25, 0.3) is 0 Å². The summed E-state index contributed by atoms with van der Waals surface area (Å²) in [4.78, 5) is 16.5. The van der Waals surface area contributed by atoms with Crippen LogP contribution in [0.4, 0.5) is 0 Å². The van der Waals surface area contributed by atoms with Crippen LogP contribution in [0.3, 0.4) is 0 Å². The predicted molar refractivity (Wildman–Crippen MR) is 99.3 cm³/mol. The number of carbonyl (C=O) groups excluding carboxylic acids is 1. The van der Waals surface area contributed by atoms with Crippen molar-refractivity contribution in [1.82, 2.24) is 10.3 Å². The number of rotatable bonds is 6. The Morgan fingerprint density at radius 3 is 2.68 bits per heavy atom. The molecular formula is C18H18N2O3S2. The average Bonchev–Trinajstić information content (AvgIpc) is 2.98. The van der Waals surface area contributed by atoms with Gasteiger partial charge in [-0.1, -0.05) is 30.3 Å². The van der Waals surface area contributed by atoms with Crippen molar-refractivity contribution in [3.63, 3.8) is 0 Å². The fourth-order valence-corrected chi connectivity index (χ4v) is 4.65. The van der Waals surface area contributed by atoms with E-state index in [0.29, 0.717) is 6.54 Å². The van der Waals surface area contributed by atoms with Gasteiger partial charge in [0.2, 0.25) is 5.91 Å². The minimum absolute atomic E-state index is 0.0606. The third kappa shape index (κ3) is 4.43. The average molecular weight is 374 g/mol. The highest BCUT2D eigenvalue weighted by molar-refractivity contribution is 7.91. The molecule has 5 nitrogen and oxygen atoms in total. The molecule has 0 spiro atoms. The van der Waals surface area contributed by atoms with Gasteiger partial charge in [-0.05, 0) is 30.7 Å². The van der Waals surface area contributed by atoms with Crippen LogP contribution >= 0.6 is 11.3 Å². The number of carbonyl (C=O) groups is 1. The summed E-state index contributed by atoms with van der Waals surface area (Å²) in [5.41, 5.74) is 1.77. The van der Waals surface area contributed by atoms with E-state index >= 15 is 0 Å². The SMILES string of the molecule is Cc1nc2ccc(S(=O)(=O)CCC(=O)NCc3ccccc3)cc2s1. The molecule has 0 fully saturated rings. The lowest BCUT2D eigenvalue weighted by atomic mass is 10.2. The minimum Gasteiger partial charge on any atom is -0.352 e. The lowest BCUT2D eigenvalue weighted by Gasteiger charge is -2.06. The van der Waals surface area contributed by atoms with Crippen molar-refractivity contribution in [2.24, 2.45) is 0 Å². The first-order valence-electron chi connectivity index (χ1n) is 7.85. The first-order valence-corrected chi connectivity index (χ1v) is 10.3. The van der Waals surface area contributed by atoms with Crippen molar-refractivity contribution in [3.8, 4) is 0 Å². The summed E-state index contributed by atoms with van der Waals surface area (Å²) in [5.74, 6) is -0.487. The number of fused-ring (bicyclic) bond motifs is 1. The molecule has 3 aromatic rings. The molecule has 1 aromatic heterocycles. The van der Waals surface area contributed by atoms with Crippen LogP contribution in [0.5, 0.6) is 0 Å². The molecular weight excluding hydrogens is 356 g/mol. The number of nitrogens with zero attached hydrogens (tertiary/aromatic N) is 1. The molecule has 25 heavy (non-hydrogen) atoms. The fourth-order valence-electron chi connectivity index (χ4n) is 2.44. The van der Waals surface area contributed by atoms with Crippen LogP contribution in [-0.2, 0) is 21.2 Å². The molecule has 0 bridgehead atoms. The third-order valence-electron chi connectivity index (χ3n) is 3.76. The van der Waals surface area contributed by atoms with Crippen LogP contribution in [0, 0.1) is 6.92 Å². The van der Waals surface area contributed by atoms with Gasteiger partial charge in [-0.25, -0.2) is 13.4 Å². The number of benzene rings is 2. The molecule has 2 aromatic carbocycles. The molecule has 0 radical (unpaired) electrons. The first kappa shape index (κ1) is 17.6. The number of hydrogen-bond acceptors (Lipinski definition) is 5. The Kier molecular flexibility index (Phi) is 5.15. The molecule has 0 aliphatic rings. The standard InChI is InChI=1S/C18H18N2O3S2/c1-13-20-16-8-7-15(11-17(16)24-13)25(22,23)10-9-18(21)19-12-14-5-3-2-4-6-14/h2-8,11H,9-10,12H2,1H3,(H,19,21).